The number of nitrogens with zero attached hydrogens (tertiary/aromatic N) is 3. The molecule has 1 saturated heterocycles. The van der Waals surface area contributed by atoms with Gasteiger partial charge in [0.1, 0.15) is 5.82 Å². The first-order chi connectivity index (χ1) is 14.4. The van der Waals surface area contributed by atoms with Gasteiger partial charge in [0, 0.05) is 41.0 Å². The predicted molar refractivity (Wildman–Crippen MR) is 132 cm³/mol. The smallest absolute Gasteiger partial charge is 0.225 e. The van der Waals surface area contributed by atoms with Gasteiger partial charge < -0.3 is 10.6 Å². The quantitative estimate of drug-likeness (QED) is 0.439. The molecule has 0 atom stereocenters. The average Bonchev–Trinajstić information content (AvgIpc) is 2.73. The molecule has 1 fully saturated rings. The maximum Gasteiger partial charge on any atom is 0.225 e. The van der Waals surface area contributed by atoms with Crippen LogP contribution in [0.4, 0.5) is 17.5 Å². The molecule has 3 rings (SSSR count). The van der Waals surface area contributed by atoms with Gasteiger partial charge in [0.15, 0.2) is 0 Å². The second-order valence-corrected chi connectivity index (χ2v) is 9.39. The maximum absolute atomic E-state index is 4.73. The highest BCUT2D eigenvalue weighted by atomic mass is 32.2. The second-order valence-electron chi connectivity index (χ2n) is 8.22. The summed E-state index contributed by atoms with van der Waals surface area (Å²) in [5.74, 6) is 1.52. The van der Waals surface area contributed by atoms with Crippen LogP contribution < -0.4 is 10.6 Å². The number of rotatable bonds is 8. The summed E-state index contributed by atoms with van der Waals surface area (Å²) in [6, 6.07) is 8.58. The lowest BCUT2D eigenvalue weighted by Gasteiger charge is -2.26. The number of piperidine rings is 1. The SMILES string of the molecule is CC.CCCC(C)(C)Nc1ncc(C)c(Nc2cccc(SN3CCCCC3)c2)n1. The fraction of sp³-hybridized carbons (Fsp3) is 0.583. The molecule has 0 radical (unpaired) electrons. The fourth-order valence-electron chi connectivity index (χ4n) is 3.49. The van der Waals surface area contributed by atoms with Gasteiger partial charge in [0.25, 0.3) is 0 Å². The second kappa shape index (κ2) is 12.2. The maximum atomic E-state index is 4.73. The van der Waals surface area contributed by atoms with Crippen molar-refractivity contribution < 1.29 is 0 Å². The van der Waals surface area contributed by atoms with Crippen LogP contribution in [0.25, 0.3) is 0 Å². The fourth-order valence-corrected chi connectivity index (χ4v) is 4.55. The number of benzene rings is 1. The van der Waals surface area contributed by atoms with Gasteiger partial charge in [-0.15, -0.1) is 0 Å². The van der Waals surface area contributed by atoms with Crippen LogP contribution in [0, 0.1) is 6.92 Å². The molecule has 1 aromatic heterocycles. The summed E-state index contributed by atoms with van der Waals surface area (Å²) in [4.78, 5) is 10.5. The van der Waals surface area contributed by atoms with Crippen LogP contribution in [0.2, 0.25) is 0 Å². The van der Waals surface area contributed by atoms with Gasteiger partial charge in [-0.3, -0.25) is 0 Å². The summed E-state index contributed by atoms with van der Waals surface area (Å²) in [6.45, 7) is 15.0. The van der Waals surface area contributed by atoms with Crippen molar-refractivity contribution in [1.82, 2.24) is 14.3 Å². The lowest BCUT2D eigenvalue weighted by atomic mass is 9.99. The number of aromatic nitrogens is 2. The molecule has 5 nitrogen and oxygen atoms in total. The van der Waals surface area contributed by atoms with Crippen molar-refractivity contribution in [3.8, 4) is 0 Å². The number of aryl methyl sites for hydroxylation is 1. The first-order valence-corrected chi connectivity index (χ1v) is 12.1. The number of anilines is 3. The van der Waals surface area contributed by atoms with Gasteiger partial charge in [-0.1, -0.05) is 39.7 Å². The molecule has 0 spiro atoms. The van der Waals surface area contributed by atoms with E-state index in [1.165, 1.54) is 37.2 Å². The molecule has 0 unspecified atom stereocenters. The van der Waals surface area contributed by atoms with Crippen molar-refractivity contribution >= 4 is 29.4 Å². The standard InChI is InChI=1S/C22H33N5S.C2H6/c1-5-12-22(3,4)26-21-23-16-17(2)20(25-21)24-18-10-9-11-19(15-18)28-27-13-7-6-8-14-27;1-2/h9-11,15-16H,5-8,12-14H2,1-4H3,(H2,23,24,25,26);1-2H3. The van der Waals surface area contributed by atoms with E-state index in [0.29, 0.717) is 5.95 Å². The van der Waals surface area contributed by atoms with Crippen molar-refractivity contribution in [2.45, 2.75) is 84.1 Å². The molecular weight excluding hydrogens is 390 g/mol. The summed E-state index contributed by atoms with van der Waals surface area (Å²) in [6.07, 6.45) is 8.04. The lowest BCUT2D eigenvalue weighted by molar-refractivity contribution is 0.380. The summed E-state index contributed by atoms with van der Waals surface area (Å²) >= 11 is 1.86. The zero-order valence-corrected chi connectivity index (χ0v) is 20.4. The van der Waals surface area contributed by atoms with E-state index in [-0.39, 0.29) is 5.54 Å². The molecule has 166 valence electrons. The highest BCUT2D eigenvalue weighted by Crippen LogP contribution is 2.29. The van der Waals surface area contributed by atoms with Crippen molar-refractivity contribution in [2.75, 3.05) is 23.7 Å². The minimum atomic E-state index is -0.0216. The third-order valence-corrected chi connectivity index (χ3v) is 6.03. The molecule has 30 heavy (non-hydrogen) atoms. The molecule has 1 aliphatic heterocycles. The Morgan fingerprint density at radius 2 is 1.87 bits per heavy atom. The van der Waals surface area contributed by atoms with Crippen molar-refractivity contribution in [3.63, 3.8) is 0 Å². The molecule has 1 aromatic carbocycles. The van der Waals surface area contributed by atoms with Gasteiger partial charge in [-0.25, -0.2) is 9.29 Å². The summed E-state index contributed by atoms with van der Waals surface area (Å²) in [5, 5.41) is 6.95. The molecular formula is C24H39N5S. The Morgan fingerprint density at radius 3 is 2.57 bits per heavy atom. The molecule has 6 heteroatoms. The normalized spacial score (nSPS) is 14.6. The zero-order valence-electron chi connectivity index (χ0n) is 19.6. The first kappa shape index (κ1) is 24.5. The number of hydrogen-bond donors (Lipinski definition) is 2. The van der Waals surface area contributed by atoms with Crippen LogP contribution in [0.5, 0.6) is 0 Å². The molecule has 2 N–H and O–H groups in total. The first-order valence-electron chi connectivity index (χ1n) is 11.4. The van der Waals surface area contributed by atoms with E-state index in [1.807, 2.05) is 38.9 Å². The van der Waals surface area contributed by atoms with Gasteiger partial charge in [-0.05, 0) is 70.2 Å². The molecule has 0 bridgehead atoms. The largest absolute Gasteiger partial charge is 0.349 e. The monoisotopic (exact) mass is 429 g/mol. The van der Waals surface area contributed by atoms with E-state index in [0.717, 1.165) is 29.9 Å². The molecule has 0 saturated carbocycles. The number of nitrogens with one attached hydrogen (secondary N) is 2. The van der Waals surface area contributed by atoms with Crippen LogP contribution in [0.15, 0.2) is 35.4 Å². The Kier molecular flexibility index (Phi) is 9.92. The average molecular weight is 430 g/mol. The zero-order chi connectivity index (χ0) is 22.0. The van der Waals surface area contributed by atoms with E-state index >= 15 is 0 Å². The highest BCUT2D eigenvalue weighted by molar-refractivity contribution is 7.97. The Morgan fingerprint density at radius 1 is 1.13 bits per heavy atom. The third-order valence-electron chi connectivity index (χ3n) is 4.94. The lowest BCUT2D eigenvalue weighted by Crippen LogP contribution is -2.31. The number of hydrogen-bond acceptors (Lipinski definition) is 6. The van der Waals surface area contributed by atoms with Crippen LogP contribution in [0.1, 0.15) is 72.3 Å². The molecule has 0 amide bonds. The van der Waals surface area contributed by atoms with Gasteiger partial charge in [0.05, 0.1) is 0 Å². The highest BCUT2D eigenvalue weighted by Gasteiger charge is 2.18. The van der Waals surface area contributed by atoms with Crippen LogP contribution in [-0.4, -0.2) is 32.9 Å². The van der Waals surface area contributed by atoms with Gasteiger partial charge in [0.2, 0.25) is 5.95 Å². The van der Waals surface area contributed by atoms with Crippen LogP contribution in [-0.2, 0) is 0 Å². The Bertz CT molecular complexity index is 772. The minimum absolute atomic E-state index is 0.0216. The Balaban J connectivity index is 0.00000155. The molecule has 1 aliphatic rings. The van der Waals surface area contributed by atoms with Crippen LogP contribution >= 0.6 is 11.9 Å². The van der Waals surface area contributed by atoms with Crippen molar-refractivity contribution in [1.29, 1.82) is 0 Å². The summed E-state index contributed by atoms with van der Waals surface area (Å²) < 4.78 is 2.47. The van der Waals surface area contributed by atoms with E-state index in [1.54, 1.807) is 0 Å². The van der Waals surface area contributed by atoms with Crippen molar-refractivity contribution in [2.24, 2.45) is 0 Å². The van der Waals surface area contributed by atoms with Gasteiger partial charge >= 0.3 is 0 Å². The van der Waals surface area contributed by atoms with E-state index in [4.69, 9.17) is 4.98 Å². The van der Waals surface area contributed by atoms with Crippen molar-refractivity contribution in [3.05, 3.63) is 36.0 Å². The molecule has 2 aromatic rings. The molecule has 0 aliphatic carbocycles. The van der Waals surface area contributed by atoms with Gasteiger partial charge in [-0.2, -0.15) is 4.98 Å². The third kappa shape index (κ3) is 7.80. The summed E-state index contributed by atoms with van der Waals surface area (Å²) in [7, 11) is 0. The van der Waals surface area contributed by atoms with E-state index < -0.39 is 0 Å². The van der Waals surface area contributed by atoms with E-state index in [2.05, 4.69) is 65.0 Å². The molecule has 2 heterocycles. The van der Waals surface area contributed by atoms with E-state index in [9.17, 15) is 0 Å². The topological polar surface area (TPSA) is 53.1 Å². The Labute approximate surface area is 187 Å². The predicted octanol–water partition coefficient (Wildman–Crippen LogP) is 7.04. The van der Waals surface area contributed by atoms with Crippen LogP contribution in [0.3, 0.4) is 0 Å². The summed E-state index contributed by atoms with van der Waals surface area (Å²) in [5.41, 5.74) is 2.07. The Hall–Kier alpha value is -1.79. The minimum Gasteiger partial charge on any atom is -0.349 e.